The van der Waals surface area contributed by atoms with E-state index in [1.54, 1.807) is 0 Å². The number of nitrogens with one attached hydrogen (secondary N) is 1. The Morgan fingerprint density at radius 1 is 0.973 bits per heavy atom. The number of aliphatic hydroxyl groups is 1. The third kappa shape index (κ3) is 3.64. The summed E-state index contributed by atoms with van der Waals surface area (Å²) in [6.45, 7) is 29.3. The van der Waals surface area contributed by atoms with Crippen molar-refractivity contribution in [1.29, 1.82) is 0 Å². The maximum atomic E-state index is 12.5. The van der Waals surface area contributed by atoms with E-state index in [4.69, 9.17) is 0 Å². The molecule has 4 aliphatic carbocycles. The number of aliphatic hydroxyl groups excluding tert-OH is 1. The van der Waals surface area contributed by atoms with E-state index in [2.05, 4.69) is 74.2 Å². The van der Waals surface area contributed by atoms with Crippen LogP contribution in [0.1, 0.15) is 127 Å². The Balaban J connectivity index is 1.67. The second-order valence-electron chi connectivity index (χ2n) is 16.1. The van der Waals surface area contributed by atoms with E-state index < -0.39 is 0 Å². The lowest BCUT2D eigenvalue weighted by Gasteiger charge is -2.80. The summed E-state index contributed by atoms with van der Waals surface area (Å²) in [5.74, 6) is 2.42. The van der Waals surface area contributed by atoms with Gasteiger partial charge in [0.2, 0.25) is 5.91 Å². The smallest absolute Gasteiger partial charge is 0.220 e. The molecule has 11 atom stereocenters. The number of carbonyl (C=O) groups is 1. The summed E-state index contributed by atoms with van der Waals surface area (Å²) >= 11 is 0. The van der Waals surface area contributed by atoms with Crippen molar-refractivity contribution in [3.05, 3.63) is 12.2 Å². The molecule has 3 heteroatoms. The van der Waals surface area contributed by atoms with Gasteiger partial charge >= 0.3 is 0 Å². The van der Waals surface area contributed by atoms with Crippen LogP contribution in [0.2, 0.25) is 0 Å². The number of hydrogen-bond donors (Lipinski definition) is 2. The fourth-order valence-electron chi connectivity index (χ4n) is 12.0. The summed E-state index contributed by atoms with van der Waals surface area (Å²) in [5.41, 5.74) is 1.77. The highest BCUT2D eigenvalue weighted by molar-refractivity contribution is 5.76. The average Bonchev–Trinajstić information content (AvgIpc) is 3.09. The minimum atomic E-state index is -0.298. The summed E-state index contributed by atoms with van der Waals surface area (Å²) in [6, 6.07) is 0. The van der Waals surface area contributed by atoms with Crippen molar-refractivity contribution in [2.24, 2.45) is 56.2 Å². The highest BCUT2D eigenvalue weighted by Crippen LogP contribution is 2.85. The molecule has 37 heavy (non-hydrogen) atoms. The van der Waals surface area contributed by atoms with Crippen LogP contribution < -0.4 is 5.32 Å². The zero-order valence-corrected chi connectivity index (χ0v) is 26.0. The van der Waals surface area contributed by atoms with Gasteiger partial charge in [0, 0.05) is 18.4 Å². The van der Waals surface area contributed by atoms with Crippen molar-refractivity contribution in [3.8, 4) is 0 Å². The van der Waals surface area contributed by atoms with Gasteiger partial charge in [-0.2, -0.15) is 0 Å². The molecule has 0 aromatic rings. The van der Waals surface area contributed by atoms with E-state index >= 15 is 0 Å². The molecule has 1 amide bonds. The van der Waals surface area contributed by atoms with Gasteiger partial charge in [-0.05, 0) is 103 Å². The fourth-order valence-corrected chi connectivity index (χ4v) is 12.0. The SMILES string of the molecule is C=C(C)CNC(=O)CC[C@@H](C)[C@H]1CC[C@]2(C)[C@]1(C)[C@@H](O)C[C@]1(C)[C@@]3(C)CC[C@@H](C)C[C@@]3(C)C[C@@H](C)[C@@]21C. The molecule has 0 unspecified atom stereocenters. The Labute approximate surface area is 229 Å². The first-order valence-electron chi connectivity index (χ1n) is 15.5. The first-order chi connectivity index (χ1) is 16.9. The molecule has 0 aliphatic heterocycles. The normalized spacial score (nSPS) is 52.0. The molecular formula is C34H59NO2. The first-order valence-corrected chi connectivity index (χ1v) is 15.5. The van der Waals surface area contributed by atoms with E-state index in [-0.39, 0.29) is 39.1 Å². The van der Waals surface area contributed by atoms with Gasteiger partial charge in [-0.15, -0.1) is 0 Å². The number of rotatable bonds is 6. The maximum absolute atomic E-state index is 12.5. The molecule has 212 valence electrons. The molecule has 0 aromatic heterocycles. The van der Waals surface area contributed by atoms with E-state index in [9.17, 15) is 9.90 Å². The predicted molar refractivity (Wildman–Crippen MR) is 155 cm³/mol. The first kappa shape index (κ1) is 29.2. The second kappa shape index (κ2) is 9.10. The Morgan fingerprint density at radius 2 is 1.59 bits per heavy atom. The van der Waals surface area contributed by atoms with Gasteiger partial charge in [0.1, 0.15) is 0 Å². The Kier molecular flexibility index (Phi) is 7.17. The lowest BCUT2D eigenvalue weighted by molar-refractivity contribution is -0.331. The molecule has 4 aliphatic rings. The summed E-state index contributed by atoms with van der Waals surface area (Å²) in [6.07, 6.45) is 9.69. The van der Waals surface area contributed by atoms with Gasteiger partial charge in [0.25, 0.3) is 0 Å². The van der Waals surface area contributed by atoms with E-state index in [1.807, 2.05) is 6.92 Å². The molecule has 4 saturated carbocycles. The van der Waals surface area contributed by atoms with Crippen molar-refractivity contribution in [2.75, 3.05) is 6.54 Å². The van der Waals surface area contributed by atoms with Gasteiger partial charge in [0.05, 0.1) is 6.10 Å². The van der Waals surface area contributed by atoms with Gasteiger partial charge in [-0.3, -0.25) is 4.79 Å². The molecule has 0 aromatic carbocycles. The minimum Gasteiger partial charge on any atom is -0.393 e. The van der Waals surface area contributed by atoms with E-state index in [1.165, 1.54) is 38.5 Å². The molecule has 2 N–H and O–H groups in total. The maximum Gasteiger partial charge on any atom is 0.220 e. The predicted octanol–water partition coefficient (Wildman–Crippen LogP) is 8.17. The number of fused-ring (bicyclic) bond motifs is 5. The third-order valence-electron chi connectivity index (χ3n) is 14.8. The topological polar surface area (TPSA) is 49.3 Å². The van der Waals surface area contributed by atoms with Crippen LogP contribution in [0.3, 0.4) is 0 Å². The van der Waals surface area contributed by atoms with Crippen LogP contribution in [-0.4, -0.2) is 23.7 Å². The van der Waals surface area contributed by atoms with Crippen molar-refractivity contribution in [1.82, 2.24) is 5.32 Å². The highest BCUT2D eigenvalue weighted by atomic mass is 16.3. The lowest BCUT2D eigenvalue weighted by atomic mass is 9.25. The van der Waals surface area contributed by atoms with Gasteiger partial charge in [-0.25, -0.2) is 0 Å². The number of amides is 1. The van der Waals surface area contributed by atoms with Gasteiger partial charge < -0.3 is 10.4 Å². The monoisotopic (exact) mass is 513 g/mol. The van der Waals surface area contributed by atoms with Crippen LogP contribution in [0.5, 0.6) is 0 Å². The van der Waals surface area contributed by atoms with Crippen LogP contribution >= 0.6 is 0 Å². The van der Waals surface area contributed by atoms with Crippen molar-refractivity contribution >= 4 is 5.91 Å². The van der Waals surface area contributed by atoms with Gasteiger partial charge in [-0.1, -0.05) is 80.9 Å². The molecule has 4 fully saturated rings. The fraction of sp³-hybridized carbons (Fsp3) is 0.912. The number of hydrogen-bond acceptors (Lipinski definition) is 2. The molecule has 3 nitrogen and oxygen atoms in total. The van der Waals surface area contributed by atoms with Crippen molar-refractivity contribution < 1.29 is 9.90 Å². The largest absolute Gasteiger partial charge is 0.393 e. The Morgan fingerprint density at radius 3 is 2.22 bits per heavy atom. The Bertz CT molecular complexity index is 929. The minimum absolute atomic E-state index is 0.0698. The molecule has 0 heterocycles. The summed E-state index contributed by atoms with van der Waals surface area (Å²) in [4.78, 5) is 12.5. The zero-order valence-electron chi connectivity index (χ0n) is 26.0. The van der Waals surface area contributed by atoms with Crippen LogP contribution in [0.15, 0.2) is 12.2 Å². The quantitative estimate of drug-likeness (QED) is 0.352. The van der Waals surface area contributed by atoms with Crippen LogP contribution in [0.25, 0.3) is 0 Å². The van der Waals surface area contributed by atoms with Crippen LogP contribution in [-0.2, 0) is 4.79 Å². The van der Waals surface area contributed by atoms with Crippen LogP contribution in [0, 0.1) is 56.2 Å². The van der Waals surface area contributed by atoms with Crippen molar-refractivity contribution in [3.63, 3.8) is 0 Å². The average molecular weight is 514 g/mol. The highest BCUT2D eigenvalue weighted by Gasteiger charge is 2.80. The zero-order chi connectivity index (χ0) is 27.8. The summed E-state index contributed by atoms with van der Waals surface area (Å²) in [7, 11) is 0. The standard InChI is InChI=1S/C34H59NO2/c1-22(2)21-35-28(37)13-12-24(4)26-15-17-31(8)33(26,10)27(36)20-32(9)30(7)16-14-23(3)18-29(30,6)19-25(5)34(31,32)11/h23-27,36H,1,12-21H2,2-11H3,(H,35,37)/t23-,24-,25-,26-,27+,29+,30+,31-,32-,33+,34+/m1/s1. The van der Waals surface area contributed by atoms with Crippen LogP contribution in [0.4, 0.5) is 0 Å². The lowest BCUT2D eigenvalue weighted by Crippen LogP contribution is -2.75. The Hall–Kier alpha value is -0.830. The molecular weight excluding hydrogens is 454 g/mol. The molecule has 0 spiro atoms. The van der Waals surface area contributed by atoms with Gasteiger partial charge in [0.15, 0.2) is 0 Å². The molecule has 0 saturated heterocycles. The van der Waals surface area contributed by atoms with E-state index in [0.717, 1.165) is 24.3 Å². The molecule has 4 rings (SSSR count). The third-order valence-corrected chi connectivity index (χ3v) is 14.8. The molecule has 0 radical (unpaired) electrons. The number of carbonyl (C=O) groups excluding carboxylic acids is 1. The summed E-state index contributed by atoms with van der Waals surface area (Å²) < 4.78 is 0. The van der Waals surface area contributed by atoms with Crippen molar-refractivity contribution in [2.45, 2.75) is 133 Å². The second-order valence-corrected chi connectivity index (χ2v) is 16.1. The summed E-state index contributed by atoms with van der Waals surface area (Å²) in [5, 5.41) is 15.3. The van der Waals surface area contributed by atoms with E-state index in [0.29, 0.717) is 36.1 Å². The molecule has 0 bridgehead atoms.